The van der Waals surface area contributed by atoms with Gasteiger partial charge < -0.3 is 19.9 Å². The number of anilines is 2. The zero-order chi connectivity index (χ0) is 29.9. The number of likely N-dealkylation sites (tertiary alicyclic amines) is 1. The predicted molar refractivity (Wildman–Crippen MR) is 158 cm³/mol. The number of nitriles is 1. The van der Waals surface area contributed by atoms with Crippen molar-refractivity contribution < 1.29 is 18.3 Å². The van der Waals surface area contributed by atoms with E-state index in [0.29, 0.717) is 46.5 Å². The number of fused-ring (bicyclic) bond motifs is 1. The number of imidazole rings is 1. The SMILES string of the molecule is N#CCOc1ccc(-c2cnc3c(Nc4ccc(C(=O)N5CCN(CCN6CCC6)CC5)c(Cl)c4)nccn23)c(F)c1F. The summed E-state index contributed by atoms with van der Waals surface area (Å²) < 4.78 is 36.0. The first-order valence-corrected chi connectivity index (χ1v) is 14.4. The van der Waals surface area contributed by atoms with Crippen molar-refractivity contribution in [2.75, 3.05) is 64.3 Å². The summed E-state index contributed by atoms with van der Waals surface area (Å²) in [6, 6.07) is 9.44. The Morgan fingerprint density at radius 3 is 2.49 bits per heavy atom. The number of ether oxygens (including phenoxy) is 1. The number of aromatic nitrogens is 3. The predicted octanol–water partition coefficient (Wildman–Crippen LogP) is 4.44. The molecule has 0 aliphatic carbocycles. The molecule has 2 aliphatic heterocycles. The van der Waals surface area contributed by atoms with Crippen molar-refractivity contribution >= 4 is 34.7 Å². The smallest absolute Gasteiger partial charge is 0.255 e. The van der Waals surface area contributed by atoms with E-state index in [4.69, 9.17) is 21.6 Å². The van der Waals surface area contributed by atoms with Crippen LogP contribution >= 0.6 is 11.6 Å². The van der Waals surface area contributed by atoms with Gasteiger partial charge in [0.25, 0.3) is 5.91 Å². The Morgan fingerprint density at radius 2 is 1.79 bits per heavy atom. The first-order valence-electron chi connectivity index (χ1n) is 14.0. The van der Waals surface area contributed by atoms with E-state index in [1.807, 2.05) is 4.90 Å². The highest BCUT2D eigenvalue weighted by Gasteiger charge is 2.25. The van der Waals surface area contributed by atoms with Crippen LogP contribution < -0.4 is 10.1 Å². The number of piperazine rings is 1. The van der Waals surface area contributed by atoms with Crippen LogP contribution in [0.5, 0.6) is 5.75 Å². The summed E-state index contributed by atoms with van der Waals surface area (Å²) in [7, 11) is 0. The lowest BCUT2D eigenvalue weighted by molar-refractivity contribution is 0.0607. The first-order chi connectivity index (χ1) is 20.9. The van der Waals surface area contributed by atoms with Crippen molar-refractivity contribution in [2.45, 2.75) is 6.42 Å². The highest BCUT2D eigenvalue weighted by Crippen LogP contribution is 2.32. The zero-order valence-corrected chi connectivity index (χ0v) is 24.0. The minimum atomic E-state index is -1.19. The molecular formula is C30H29ClF2N8O2. The summed E-state index contributed by atoms with van der Waals surface area (Å²) in [4.78, 5) is 28.7. The van der Waals surface area contributed by atoms with Crippen molar-refractivity contribution in [3.63, 3.8) is 0 Å². The van der Waals surface area contributed by atoms with E-state index in [1.54, 1.807) is 34.9 Å². The molecular weight excluding hydrogens is 578 g/mol. The Labute approximate surface area is 252 Å². The zero-order valence-electron chi connectivity index (χ0n) is 23.3. The second-order valence-corrected chi connectivity index (χ2v) is 10.9. The fourth-order valence-corrected chi connectivity index (χ4v) is 5.56. The molecule has 1 N–H and O–H groups in total. The lowest BCUT2D eigenvalue weighted by Gasteiger charge is -2.37. The van der Waals surface area contributed by atoms with Gasteiger partial charge >= 0.3 is 0 Å². The summed E-state index contributed by atoms with van der Waals surface area (Å²) >= 11 is 6.57. The van der Waals surface area contributed by atoms with Crippen molar-refractivity contribution in [3.8, 4) is 23.1 Å². The van der Waals surface area contributed by atoms with Gasteiger partial charge in [0.05, 0.1) is 22.5 Å². The summed E-state index contributed by atoms with van der Waals surface area (Å²) in [6.45, 7) is 7.08. The van der Waals surface area contributed by atoms with Gasteiger partial charge in [0.1, 0.15) is 6.07 Å². The molecule has 2 aliphatic rings. The monoisotopic (exact) mass is 606 g/mol. The molecule has 10 nitrogen and oxygen atoms in total. The largest absolute Gasteiger partial charge is 0.476 e. The molecule has 4 heterocycles. The Kier molecular flexibility index (Phi) is 8.38. The van der Waals surface area contributed by atoms with Crippen LogP contribution in [0.15, 0.2) is 48.9 Å². The Balaban J connectivity index is 1.14. The van der Waals surface area contributed by atoms with Gasteiger partial charge in [-0.3, -0.25) is 14.1 Å². The number of nitrogens with zero attached hydrogens (tertiary/aromatic N) is 7. The summed E-state index contributed by atoms with van der Waals surface area (Å²) in [5.41, 5.74) is 1.64. The van der Waals surface area contributed by atoms with Crippen LogP contribution in [0.25, 0.3) is 16.9 Å². The topological polar surface area (TPSA) is 102 Å². The number of rotatable bonds is 9. The fourth-order valence-electron chi connectivity index (χ4n) is 5.29. The average molecular weight is 607 g/mol. The third-order valence-corrected chi connectivity index (χ3v) is 8.16. The van der Waals surface area contributed by atoms with Crippen molar-refractivity contribution in [1.29, 1.82) is 5.26 Å². The molecule has 2 aromatic carbocycles. The highest BCUT2D eigenvalue weighted by atomic mass is 35.5. The van der Waals surface area contributed by atoms with Gasteiger partial charge in [0.15, 0.2) is 29.6 Å². The van der Waals surface area contributed by atoms with E-state index in [9.17, 15) is 13.6 Å². The van der Waals surface area contributed by atoms with Crippen LogP contribution in [-0.2, 0) is 0 Å². The van der Waals surface area contributed by atoms with Crippen molar-refractivity contribution in [1.82, 2.24) is 29.1 Å². The number of hydrogen-bond acceptors (Lipinski definition) is 8. The highest BCUT2D eigenvalue weighted by molar-refractivity contribution is 6.34. The minimum Gasteiger partial charge on any atom is -0.476 e. The molecule has 4 aromatic rings. The van der Waals surface area contributed by atoms with Gasteiger partial charge in [-0.2, -0.15) is 9.65 Å². The van der Waals surface area contributed by atoms with Crippen LogP contribution in [0, 0.1) is 23.0 Å². The van der Waals surface area contributed by atoms with Gasteiger partial charge in [-0.05, 0) is 49.8 Å². The Morgan fingerprint density at radius 1 is 1.02 bits per heavy atom. The molecule has 13 heteroatoms. The Bertz CT molecular complexity index is 1700. The van der Waals surface area contributed by atoms with Gasteiger partial charge in [0.2, 0.25) is 5.82 Å². The molecule has 6 rings (SSSR count). The number of halogens is 3. The first kappa shape index (κ1) is 28.8. The quantitative estimate of drug-likeness (QED) is 0.298. The summed E-state index contributed by atoms with van der Waals surface area (Å²) in [5, 5.41) is 12.1. The maximum atomic E-state index is 14.9. The number of carbonyl (C=O) groups excluding carboxylic acids is 1. The molecule has 43 heavy (non-hydrogen) atoms. The van der Waals surface area contributed by atoms with E-state index in [2.05, 4.69) is 25.1 Å². The molecule has 2 saturated heterocycles. The van der Waals surface area contributed by atoms with Crippen LogP contribution in [0.1, 0.15) is 16.8 Å². The maximum Gasteiger partial charge on any atom is 0.255 e. The number of nitrogens with one attached hydrogen (secondary N) is 1. The van der Waals surface area contributed by atoms with E-state index in [-0.39, 0.29) is 17.2 Å². The van der Waals surface area contributed by atoms with Gasteiger partial charge in [0, 0.05) is 62.9 Å². The second kappa shape index (κ2) is 12.5. The molecule has 0 radical (unpaired) electrons. The Hall–Kier alpha value is -4.31. The molecule has 0 unspecified atom stereocenters. The maximum absolute atomic E-state index is 14.9. The number of amides is 1. The van der Waals surface area contributed by atoms with Gasteiger partial charge in [-0.1, -0.05) is 11.6 Å². The van der Waals surface area contributed by atoms with Gasteiger partial charge in [-0.25, -0.2) is 14.4 Å². The van der Waals surface area contributed by atoms with Crippen LogP contribution in [0.3, 0.4) is 0 Å². The van der Waals surface area contributed by atoms with E-state index in [0.717, 1.165) is 26.2 Å². The molecule has 0 bridgehead atoms. The van der Waals surface area contributed by atoms with E-state index < -0.39 is 18.2 Å². The van der Waals surface area contributed by atoms with Crippen LogP contribution in [0.4, 0.5) is 20.3 Å². The lowest BCUT2D eigenvalue weighted by atomic mass is 10.1. The lowest BCUT2D eigenvalue weighted by Crippen LogP contribution is -2.51. The van der Waals surface area contributed by atoms with Crippen LogP contribution in [-0.4, -0.2) is 93.9 Å². The number of carbonyl (C=O) groups is 1. The molecule has 222 valence electrons. The summed E-state index contributed by atoms with van der Waals surface area (Å²) in [5.74, 6) is -2.41. The molecule has 2 fully saturated rings. The molecule has 0 atom stereocenters. The van der Waals surface area contributed by atoms with Gasteiger partial charge in [-0.15, -0.1) is 0 Å². The van der Waals surface area contributed by atoms with Crippen molar-refractivity contribution in [2.24, 2.45) is 0 Å². The number of hydrogen-bond donors (Lipinski definition) is 1. The number of benzene rings is 2. The minimum absolute atomic E-state index is 0.0330. The van der Waals surface area contributed by atoms with Crippen molar-refractivity contribution in [3.05, 3.63) is 71.1 Å². The van der Waals surface area contributed by atoms with E-state index in [1.165, 1.54) is 44.0 Å². The normalized spacial score (nSPS) is 15.7. The van der Waals surface area contributed by atoms with E-state index >= 15 is 0 Å². The molecule has 0 spiro atoms. The second-order valence-electron chi connectivity index (χ2n) is 10.4. The molecule has 1 amide bonds. The third kappa shape index (κ3) is 5.97. The van der Waals surface area contributed by atoms with Crippen LogP contribution in [0.2, 0.25) is 5.02 Å². The summed E-state index contributed by atoms with van der Waals surface area (Å²) in [6.07, 6.45) is 5.78. The fraction of sp³-hybridized carbons (Fsp3) is 0.333. The molecule has 2 aromatic heterocycles. The average Bonchev–Trinajstić information content (AvgIpc) is 3.42. The standard InChI is InChI=1S/C30H29ClF2N8O2/c31-23-18-20(2-3-21(23)30(42)40-15-13-39(14-16-40)12-11-38-8-1-9-38)37-28-29-36-19-24(41(29)10-7-35-28)22-4-5-25(43-17-6-34)27(33)26(22)32/h2-5,7,10,18-19H,1,8-9,11-17H2,(H,35,37). The third-order valence-electron chi connectivity index (χ3n) is 7.85. The molecule has 0 saturated carbocycles.